The maximum Gasteiger partial charge on any atom is 0.248 e. The minimum absolute atomic E-state index is 0.401. The van der Waals surface area contributed by atoms with Crippen molar-refractivity contribution in [2.24, 2.45) is 0 Å². The first-order chi connectivity index (χ1) is 10.3. The van der Waals surface area contributed by atoms with Crippen LogP contribution in [0.15, 0.2) is 42.7 Å². The van der Waals surface area contributed by atoms with E-state index in [1.807, 2.05) is 12.1 Å². The predicted octanol–water partition coefficient (Wildman–Crippen LogP) is 2.98. The minimum Gasteiger partial charge on any atom is -0.349 e. The normalized spacial score (nSPS) is 10.6. The van der Waals surface area contributed by atoms with Crippen LogP contribution in [0.2, 0.25) is 10.0 Å². The Bertz CT molecular complexity index is 743. The van der Waals surface area contributed by atoms with Crippen molar-refractivity contribution in [2.45, 2.75) is 6.54 Å². The standard InChI is InChI=1S/C13H10Cl2N6/c14-10-2-1-3-11(12(10)15)21-13(18-19-20-21)17-8-9-4-6-16-7-5-9/h1-7H,8H2,(H,17,18,20). The minimum atomic E-state index is 0.401. The van der Waals surface area contributed by atoms with E-state index in [2.05, 4.69) is 25.8 Å². The monoisotopic (exact) mass is 320 g/mol. The summed E-state index contributed by atoms with van der Waals surface area (Å²) in [5.41, 5.74) is 1.68. The first-order valence-electron chi connectivity index (χ1n) is 6.11. The molecule has 3 rings (SSSR count). The largest absolute Gasteiger partial charge is 0.349 e. The molecule has 1 aromatic carbocycles. The number of nitrogens with one attached hydrogen (secondary N) is 1. The first kappa shape index (κ1) is 13.8. The zero-order valence-electron chi connectivity index (χ0n) is 10.7. The molecular weight excluding hydrogens is 311 g/mol. The molecule has 0 aliphatic rings. The number of hydrogen-bond donors (Lipinski definition) is 1. The zero-order valence-corrected chi connectivity index (χ0v) is 12.3. The molecule has 0 saturated heterocycles. The van der Waals surface area contributed by atoms with Crippen molar-refractivity contribution in [2.75, 3.05) is 5.32 Å². The number of hydrogen-bond acceptors (Lipinski definition) is 5. The Balaban J connectivity index is 1.86. The lowest BCUT2D eigenvalue weighted by atomic mass is 10.3. The Morgan fingerprint density at radius 2 is 1.90 bits per heavy atom. The highest BCUT2D eigenvalue weighted by Crippen LogP contribution is 2.29. The number of nitrogens with zero attached hydrogens (tertiary/aromatic N) is 5. The average molecular weight is 321 g/mol. The van der Waals surface area contributed by atoms with Gasteiger partial charge in [0.25, 0.3) is 0 Å². The Hall–Kier alpha value is -2.18. The van der Waals surface area contributed by atoms with E-state index in [1.165, 1.54) is 4.68 Å². The molecule has 0 radical (unpaired) electrons. The van der Waals surface area contributed by atoms with Gasteiger partial charge in [0, 0.05) is 18.9 Å². The molecule has 106 valence electrons. The Kier molecular flexibility index (Phi) is 3.98. The summed E-state index contributed by atoms with van der Waals surface area (Å²) in [6, 6.07) is 9.11. The van der Waals surface area contributed by atoms with Crippen molar-refractivity contribution in [1.82, 2.24) is 25.2 Å². The smallest absolute Gasteiger partial charge is 0.248 e. The molecule has 0 spiro atoms. The molecule has 0 unspecified atom stereocenters. The van der Waals surface area contributed by atoms with E-state index in [4.69, 9.17) is 23.2 Å². The molecule has 0 aliphatic carbocycles. The molecule has 0 amide bonds. The number of halogens is 2. The summed E-state index contributed by atoms with van der Waals surface area (Å²) in [5, 5.41) is 15.6. The van der Waals surface area contributed by atoms with E-state index in [9.17, 15) is 0 Å². The van der Waals surface area contributed by atoms with Gasteiger partial charge in [-0.05, 0) is 40.3 Å². The van der Waals surface area contributed by atoms with Gasteiger partial charge in [-0.3, -0.25) is 4.98 Å². The molecule has 0 bridgehead atoms. The van der Waals surface area contributed by atoms with Crippen LogP contribution in [-0.4, -0.2) is 25.2 Å². The summed E-state index contributed by atoms with van der Waals surface area (Å²) >= 11 is 12.2. The van der Waals surface area contributed by atoms with E-state index in [1.54, 1.807) is 30.6 Å². The molecule has 2 heterocycles. The van der Waals surface area contributed by atoms with Crippen LogP contribution in [0.1, 0.15) is 5.56 Å². The van der Waals surface area contributed by atoms with E-state index in [0.717, 1.165) is 5.56 Å². The molecular formula is C13H10Cl2N6. The number of anilines is 1. The van der Waals surface area contributed by atoms with Gasteiger partial charge in [-0.25, -0.2) is 0 Å². The van der Waals surface area contributed by atoms with Crippen LogP contribution in [0, 0.1) is 0 Å². The van der Waals surface area contributed by atoms with Crippen LogP contribution < -0.4 is 5.32 Å². The van der Waals surface area contributed by atoms with Crippen molar-refractivity contribution >= 4 is 29.2 Å². The number of rotatable bonds is 4. The van der Waals surface area contributed by atoms with Crippen LogP contribution in [0.3, 0.4) is 0 Å². The molecule has 3 aromatic rings. The molecule has 2 aromatic heterocycles. The van der Waals surface area contributed by atoms with Crippen molar-refractivity contribution in [3.8, 4) is 5.69 Å². The molecule has 0 fully saturated rings. The molecule has 1 N–H and O–H groups in total. The summed E-state index contributed by atoms with van der Waals surface area (Å²) in [6.07, 6.45) is 3.46. The number of pyridine rings is 1. The molecule has 0 aliphatic heterocycles. The molecule has 0 saturated carbocycles. The highest BCUT2D eigenvalue weighted by atomic mass is 35.5. The van der Waals surface area contributed by atoms with Crippen molar-refractivity contribution in [1.29, 1.82) is 0 Å². The topological polar surface area (TPSA) is 68.5 Å². The van der Waals surface area contributed by atoms with Gasteiger partial charge >= 0.3 is 0 Å². The van der Waals surface area contributed by atoms with Gasteiger partial charge < -0.3 is 5.32 Å². The lowest BCUT2D eigenvalue weighted by Crippen LogP contribution is -2.08. The summed E-state index contributed by atoms with van der Waals surface area (Å²) in [7, 11) is 0. The second-order valence-electron chi connectivity index (χ2n) is 4.20. The molecule has 6 nitrogen and oxygen atoms in total. The summed E-state index contributed by atoms with van der Waals surface area (Å²) in [6.45, 7) is 0.571. The van der Waals surface area contributed by atoms with Crippen molar-refractivity contribution in [3.63, 3.8) is 0 Å². The quantitative estimate of drug-likeness (QED) is 0.800. The fraction of sp³-hybridized carbons (Fsp3) is 0.0769. The third-order valence-corrected chi connectivity index (χ3v) is 3.64. The molecule has 8 heteroatoms. The van der Waals surface area contributed by atoms with Crippen LogP contribution in [0.5, 0.6) is 0 Å². The maximum absolute atomic E-state index is 6.19. The van der Waals surface area contributed by atoms with Crippen LogP contribution in [0.25, 0.3) is 5.69 Å². The lowest BCUT2D eigenvalue weighted by molar-refractivity contribution is 0.789. The van der Waals surface area contributed by atoms with Crippen LogP contribution in [-0.2, 0) is 6.54 Å². The first-order valence-corrected chi connectivity index (χ1v) is 6.87. The summed E-state index contributed by atoms with van der Waals surface area (Å²) in [5.74, 6) is 0.482. The third-order valence-electron chi connectivity index (χ3n) is 2.83. The Morgan fingerprint density at radius 3 is 2.71 bits per heavy atom. The van der Waals surface area contributed by atoms with Crippen LogP contribution in [0.4, 0.5) is 5.95 Å². The van der Waals surface area contributed by atoms with Gasteiger partial charge in [0.2, 0.25) is 5.95 Å². The summed E-state index contributed by atoms with van der Waals surface area (Å²) < 4.78 is 1.51. The Labute approximate surface area is 130 Å². The molecule has 21 heavy (non-hydrogen) atoms. The van der Waals surface area contributed by atoms with E-state index < -0.39 is 0 Å². The predicted molar refractivity (Wildman–Crippen MR) is 80.7 cm³/mol. The van der Waals surface area contributed by atoms with Gasteiger partial charge in [0.15, 0.2) is 0 Å². The highest BCUT2D eigenvalue weighted by molar-refractivity contribution is 6.43. The van der Waals surface area contributed by atoms with E-state index >= 15 is 0 Å². The molecule has 0 atom stereocenters. The fourth-order valence-corrected chi connectivity index (χ4v) is 2.17. The number of aromatic nitrogens is 5. The van der Waals surface area contributed by atoms with E-state index in [0.29, 0.717) is 28.2 Å². The maximum atomic E-state index is 6.19. The highest BCUT2D eigenvalue weighted by Gasteiger charge is 2.12. The van der Waals surface area contributed by atoms with Crippen molar-refractivity contribution < 1.29 is 0 Å². The number of tetrazole rings is 1. The van der Waals surface area contributed by atoms with Crippen LogP contribution >= 0.6 is 23.2 Å². The lowest BCUT2D eigenvalue weighted by Gasteiger charge is -2.09. The SMILES string of the molecule is Clc1cccc(-n2nnnc2NCc2ccncc2)c1Cl. The van der Waals surface area contributed by atoms with Crippen molar-refractivity contribution in [3.05, 3.63) is 58.3 Å². The van der Waals surface area contributed by atoms with Gasteiger partial charge in [-0.1, -0.05) is 34.4 Å². The number of benzene rings is 1. The third kappa shape index (κ3) is 2.96. The van der Waals surface area contributed by atoms with Gasteiger partial charge in [0.05, 0.1) is 15.7 Å². The van der Waals surface area contributed by atoms with Gasteiger partial charge in [-0.15, -0.1) is 0 Å². The zero-order chi connectivity index (χ0) is 14.7. The fourth-order valence-electron chi connectivity index (χ4n) is 1.80. The van der Waals surface area contributed by atoms with Gasteiger partial charge in [-0.2, -0.15) is 4.68 Å². The Morgan fingerprint density at radius 1 is 1.10 bits per heavy atom. The summed E-state index contributed by atoms with van der Waals surface area (Å²) in [4.78, 5) is 3.97. The van der Waals surface area contributed by atoms with E-state index in [-0.39, 0.29) is 0 Å². The second-order valence-corrected chi connectivity index (χ2v) is 4.98. The van der Waals surface area contributed by atoms with Gasteiger partial charge in [0.1, 0.15) is 0 Å². The second kappa shape index (κ2) is 6.07. The average Bonchev–Trinajstić information content (AvgIpc) is 2.97.